The molecule has 0 radical (unpaired) electrons. The fraction of sp³-hybridized carbons (Fsp3) is 0.389. The number of alkyl halides is 2. The zero-order valence-electron chi connectivity index (χ0n) is 14.0. The number of carbonyl (C=O) groups is 1. The first kappa shape index (κ1) is 17.3. The first-order chi connectivity index (χ1) is 12.0. The first-order valence-corrected chi connectivity index (χ1v) is 8.25. The monoisotopic (exact) mass is 346 g/mol. The van der Waals surface area contributed by atoms with Gasteiger partial charge >= 0.3 is 0 Å². The van der Waals surface area contributed by atoms with Gasteiger partial charge in [0.1, 0.15) is 12.1 Å². The van der Waals surface area contributed by atoms with Gasteiger partial charge in [0.15, 0.2) is 0 Å². The normalized spacial score (nSPS) is 15.4. The maximum absolute atomic E-state index is 12.7. The van der Waals surface area contributed by atoms with Crippen molar-refractivity contribution in [1.29, 1.82) is 0 Å². The summed E-state index contributed by atoms with van der Waals surface area (Å²) in [7, 11) is 0. The van der Waals surface area contributed by atoms with E-state index in [1.54, 1.807) is 12.1 Å². The van der Waals surface area contributed by atoms with Crippen LogP contribution in [0.2, 0.25) is 0 Å². The SMILES string of the molecule is CC(=O)NC1CCN(c2cc(-c3ccc(C(F)F)cc3)ncn2)CC1. The van der Waals surface area contributed by atoms with Gasteiger partial charge in [0.2, 0.25) is 5.91 Å². The Hall–Kier alpha value is -2.57. The molecule has 0 unspecified atom stereocenters. The minimum atomic E-state index is -2.47. The summed E-state index contributed by atoms with van der Waals surface area (Å²) in [5.74, 6) is 0.805. The van der Waals surface area contributed by atoms with Crippen LogP contribution in [-0.2, 0) is 4.79 Å². The molecule has 1 aromatic carbocycles. The average molecular weight is 346 g/mol. The van der Waals surface area contributed by atoms with Gasteiger partial charge in [-0.25, -0.2) is 18.7 Å². The molecule has 0 atom stereocenters. The standard InChI is InChI=1S/C18H20F2N4O/c1-12(25)23-15-6-8-24(9-7-15)17-10-16(21-11-22-17)13-2-4-14(5-3-13)18(19)20/h2-5,10-11,15,18H,6-9H2,1H3,(H,23,25). The Labute approximate surface area is 145 Å². The lowest BCUT2D eigenvalue weighted by Crippen LogP contribution is -2.44. The molecule has 2 heterocycles. The van der Waals surface area contributed by atoms with E-state index >= 15 is 0 Å². The van der Waals surface area contributed by atoms with Crippen LogP contribution in [0.15, 0.2) is 36.7 Å². The minimum Gasteiger partial charge on any atom is -0.356 e. The molecule has 25 heavy (non-hydrogen) atoms. The van der Waals surface area contributed by atoms with Crippen molar-refractivity contribution in [3.63, 3.8) is 0 Å². The van der Waals surface area contributed by atoms with Crippen molar-refractivity contribution in [2.24, 2.45) is 0 Å². The van der Waals surface area contributed by atoms with E-state index in [1.165, 1.54) is 25.4 Å². The van der Waals surface area contributed by atoms with Gasteiger partial charge in [0.05, 0.1) is 5.69 Å². The van der Waals surface area contributed by atoms with E-state index in [0.29, 0.717) is 5.69 Å². The van der Waals surface area contributed by atoms with E-state index in [9.17, 15) is 13.6 Å². The highest BCUT2D eigenvalue weighted by atomic mass is 19.3. The Morgan fingerprint density at radius 3 is 2.48 bits per heavy atom. The number of hydrogen-bond acceptors (Lipinski definition) is 4. The summed E-state index contributed by atoms with van der Waals surface area (Å²) in [6.45, 7) is 3.12. The van der Waals surface area contributed by atoms with Crippen LogP contribution in [0.4, 0.5) is 14.6 Å². The third kappa shape index (κ3) is 4.29. The minimum absolute atomic E-state index is 0.00178. The summed E-state index contributed by atoms with van der Waals surface area (Å²) in [4.78, 5) is 21.9. The molecule has 3 rings (SSSR count). The Balaban J connectivity index is 1.71. The molecule has 0 bridgehead atoms. The second-order valence-corrected chi connectivity index (χ2v) is 6.15. The lowest BCUT2D eigenvalue weighted by molar-refractivity contribution is -0.119. The second kappa shape index (κ2) is 7.55. The number of piperidine rings is 1. The van der Waals surface area contributed by atoms with Crippen LogP contribution in [0.25, 0.3) is 11.3 Å². The highest BCUT2D eigenvalue weighted by molar-refractivity contribution is 5.73. The molecular weight excluding hydrogens is 326 g/mol. The number of aromatic nitrogens is 2. The molecule has 1 aliphatic rings. The third-order valence-electron chi connectivity index (χ3n) is 4.34. The van der Waals surface area contributed by atoms with Crippen LogP contribution in [0, 0.1) is 0 Å². The molecule has 1 aliphatic heterocycles. The van der Waals surface area contributed by atoms with E-state index in [4.69, 9.17) is 0 Å². The molecule has 0 spiro atoms. The number of hydrogen-bond donors (Lipinski definition) is 1. The van der Waals surface area contributed by atoms with Gasteiger partial charge in [-0.3, -0.25) is 4.79 Å². The lowest BCUT2D eigenvalue weighted by Gasteiger charge is -2.33. The van der Waals surface area contributed by atoms with Crippen LogP contribution in [-0.4, -0.2) is 35.0 Å². The van der Waals surface area contributed by atoms with Crippen LogP contribution in [0.5, 0.6) is 0 Å². The average Bonchev–Trinajstić information content (AvgIpc) is 2.62. The summed E-state index contributed by atoms with van der Waals surface area (Å²) in [5.41, 5.74) is 1.48. The third-order valence-corrected chi connectivity index (χ3v) is 4.34. The number of amides is 1. The van der Waals surface area contributed by atoms with Gasteiger partial charge in [-0.1, -0.05) is 24.3 Å². The molecular formula is C18H20F2N4O. The number of nitrogens with zero attached hydrogens (tertiary/aromatic N) is 3. The smallest absolute Gasteiger partial charge is 0.263 e. The molecule has 0 aliphatic carbocycles. The molecule has 7 heteroatoms. The summed E-state index contributed by atoms with van der Waals surface area (Å²) >= 11 is 0. The van der Waals surface area contributed by atoms with Crippen molar-refractivity contribution < 1.29 is 13.6 Å². The van der Waals surface area contributed by atoms with Crippen LogP contribution < -0.4 is 10.2 Å². The number of anilines is 1. The quantitative estimate of drug-likeness (QED) is 0.924. The topological polar surface area (TPSA) is 58.1 Å². The molecule has 0 saturated carbocycles. The van der Waals surface area contributed by atoms with E-state index in [-0.39, 0.29) is 17.5 Å². The number of nitrogens with one attached hydrogen (secondary N) is 1. The zero-order chi connectivity index (χ0) is 17.8. The molecule has 1 aromatic heterocycles. The van der Waals surface area contributed by atoms with E-state index in [0.717, 1.165) is 37.3 Å². The van der Waals surface area contributed by atoms with Crippen LogP contribution >= 0.6 is 0 Å². The van der Waals surface area contributed by atoms with Crippen molar-refractivity contribution in [1.82, 2.24) is 15.3 Å². The van der Waals surface area contributed by atoms with Gasteiger partial charge in [0.25, 0.3) is 6.43 Å². The molecule has 5 nitrogen and oxygen atoms in total. The highest BCUT2D eigenvalue weighted by Crippen LogP contribution is 2.25. The van der Waals surface area contributed by atoms with Crippen molar-refractivity contribution in [2.45, 2.75) is 32.2 Å². The Morgan fingerprint density at radius 1 is 1.20 bits per heavy atom. The van der Waals surface area contributed by atoms with E-state index < -0.39 is 6.43 Å². The molecule has 1 amide bonds. The fourth-order valence-electron chi connectivity index (χ4n) is 3.02. The summed E-state index contributed by atoms with van der Waals surface area (Å²) < 4.78 is 25.3. The Morgan fingerprint density at radius 2 is 1.88 bits per heavy atom. The molecule has 1 saturated heterocycles. The van der Waals surface area contributed by atoms with Crippen molar-refractivity contribution in [3.05, 3.63) is 42.2 Å². The largest absolute Gasteiger partial charge is 0.356 e. The van der Waals surface area contributed by atoms with Crippen LogP contribution in [0.3, 0.4) is 0 Å². The van der Waals surface area contributed by atoms with E-state index in [2.05, 4.69) is 20.2 Å². The van der Waals surface area contributed by atoms with Gasteiger partial charge < -0.3 is 10.2 Å². The number of rotatable bonds is 4. The molecule has 2 aromatic rings. The predicted octanol–water partition coefficient (Wildman–Crippen LogP) is 3.19. The maximum Gasteiger partial charge on any atom is 0.263 e. The van der Waals surface area contributed by atoms with E-state index in [1.807, 2.05) is 6.07 Å². The zero-order valence-corrected chi connectivity index (χ0v) is 14.0. The van der Waals surface area contributed by atoms with Crippen molar-refractivity contribution in [2.75, 3.05) is 18.0 Å². The van der Waals surface area contributed by atoms with Crippen molar-refractivity contribution >= 4 is 11.7 Å². The van der Waals surface area contributed by atoms with Gasteiger partial charge in [-0.15, -0.1) is 0 Å². The van der Waals surface area contributed by atoms with Crippen LogP contribution in [0.1, 0.15) is 31.8 Å². The maximum atomic E-state index is 12.7. The second-order valence-electron chi connectivity index (χ2n) is 6.15. The van der Waals surface area contributed by atoms with Gasteiger partial charge in [-0.05, 0) is 12.8 Å². The predicted molar refractivity (Wildman–Crippen MR) is 91.5 cm³/mol. The lowest BCUT2D eigenvalue weighted by atomic mass is 10.0. The molecule has 1 fully saturated rings. The van der Waals surface area contributed by atoms with Crippen molar-refractivity contribution in [3.8, 4) is 11.3 Å². The number of benzene rings is 1. The first-order valence-electron chi connectivity index (χ1n) is 8.25. The van der Waals surface area contributed by atoms with Gasteiger partial charge in [-0.2, -0.15) is 0 Å². The fourth-order valence-corrected chi connectivity index (χ4v) is 3.02. The number of carbonyl (C=O) groups excluding carboxylic acids is 1. The number of halogens is 2. The summed E-state index contributed by atoms with van der Waals surface area (Å²) in [5, 5.41) is 2.95. The summed E-state index contributed by atoms with van der Waals surface area (Å²) in [6.07, 6.45) is 0.746. The van der Waals surface area contributed by atoms with Gasteiger partial charge in [0, 0.05) is 43.2 Å². The molecule has 132 valence electrons. The Kier molecular flexibility index (Phi) is 5.21. The summed E-state index contributed by atoms with van der Waals surface area (Å²) in [6, 6.07) is 8.21. The molecule has 1 N–H and O–H groups in total. The Bertz CT molecular complexity index is 728. The highest BCUT2D eigenvalue weighted by Gasteiger charge is 2.21.